The Labute approximate surface area is 121 Å². The Bertz CT molecular complexity index is 552. The predicted molar refractivity (Wildman–Crippen MR) is 82.4 cm³/mol. The molecule has 1 fully saturated rings. The Balaban J connectivity index is 2.23. The van der Waals surface area contributed by atoms with E-state index in [1.54, 1.807) is 0 Å². The smallest absolute Gasteiger partial charge is 0.151 e. The maximum absolute atomic E-state index is 11.7. The van der Waals surface area contributed by atoms with Crippen molar-refractivity contribution in [3.63, 3.8) is 0 Å². The molecule has 1 aromatic carbocycles. The van der Waals surface area contributed by atoms with Gasteiger partial charge in [0.2, 0.25) is 0 Å². The maximum Gasteiger partial charge on any atom is 0.151 e. The van der Waals surface area contributed by atoms with Crippen LogP contribution < -0.4 is 5.73 Å². The van der Waals surface area contributed by atoms with E-state index in [1.165, 1.54) is 5.56 Å². The van der Waals surface area contributed by atoms with Crippen molar-refractivity contribution in [2.45, 2.75) is 38.4 Å². The molecule has 0 aromatic heterocycles. The second kappa shape index (κ2) is 5.84. The molecule has 3 atom stereocenters. The molecule has 2 rings (SSSR count). The molecule has 2 N–H and O–H groups in total. The number of rotatable bonds is 4. The Kier molecular flexibility index (Phi) is 4.52. The molecule has 0 saturated carbocycles. The number of sulfone groups is 1. The third-order valence-corrected chi connectivity index (χ3v) is 5.89. The zero-order valence-corrected chi connectivity index (χ0v) is 13.2. The van der Waals surface area contributed by atoms with Crippen LogP contribution in [0.2, 0.25) is 0 Å². The summed E-state index contributed by atoms with van der Waals surface area (Å²) in [7, 11) is -0.886. The molecule has 4 nitrogen and oxygen atoms in total. The first-order valence-electron chi connectivity index (χ1n) is 7.04. The minimum Gasteiger partial charge on any atom is -0.326 e. The van der Waals surface area contributed by atoms with Crippen LogP contribution in [0.1, 0.15) is 30.5 Å². The van der Waals surface area contributed by atoms with Crippen molar-refractivity contribution in [3.8, 4) is 0 Å². The molecular formula is C15H24N2O2S. The molecule has 0 radical (unpaired) electrons. The van der Waals surface area contributed by atoms with Crippen LogP contribution in [-0.4, -0.2) is 44.0 Å². The zero-order valence-electron chi connectivity index (χ0n) is 12.4. The Morgan fingerprint density at radius 3 is 2.35 bits per heavy atom. The summed E-state index contributed by atoms with van der Waals surface area (Å²) in [6.07, 6.45) is 0.702. The van der Waals surface area contributed by atoms with Gasteiger partial charge in [0.25, 0.3) is 0 Å². The highest BCUT2D eigenvalue weighted by atomic mass is 32.2. The van der Waals surface area contributed by atoms with Crippen molar-refractivity contribution >= 4 is 9.84 Å². The first kappa shape index (κ1) is 15.5. The molecule has 5 heteroatoms. The predicted octanol–water partition coefficient (Wildman–Crippen LogP) is 1.50. The third-order valence-electron chi connectivity index (χ3n) is 4.14. The fourth-order valence-corrected chi connectivity index (χ4v) is 4.78. The van der Waals surface area contributed by atoms with Gasteiger partial charge in [-0.1, -0.05) is 29.8 Å². The minimum atomic E-state index is -2.87. The number of hydrogen-bond donors (Lipinski definition) is 1. The Morgan fingerprint density at radius 2 is 1.90 bits per heavy atom. The van der Waals surface area contributed by atoms with Gasteiger partial charge in [-0.25, -0.2) is 8.42 Å². The van der Waals surface area contributed by atoms with Gasteiger partial charge in [-0.3, -0.25) is 4.90 Å². The van der Waals surface area contributed by atoms with Crippen LogP contribution in [-0.2, 0) is 9.84 Å². The Morgan fingerprint density at radius 1 is 1.30 bits per heavy atom. The van der Waals surface area contributed by atoms with Crippen LogP contribution in [0.3, 0.4) is 0 Å². The van der Waals surface area contributed by atoms with Crippen molar-refractivity contribution in [3.05, 3.63) is 35.4 Å². The Hall–Kier alpha value is -0.910. The summed E-state index contributed by atoms with van der Waals surface area (Å²) in [5.74, 6) is 0.542. The van der Waals surface area contributed by atoms with E-state index < -0.39 is 9.84 Å². The average Bonchev–Trinajstić information content (AvgIpc) is 2.72. The topological polar surface area (TPSA) is 63.4 Å². The first-order valence-corrected chi connectivity index (χ1v) is 8.87. The highest BCUT2D eigenvalue weighted by Gasteiger charge is 2.35. The number of benzene rings is 1. The van der Waals surface area contributed by atoms with E-state index in [9.17, 15) is 8.42 Å². The third kappa shape index (κ3) is 3.40. The lowest BCUT2D eigenvalue weighted by Gasteiger charge is -2.35. The zero-order chi connectivity index (χ0) is 14.9. The van der Waals surface area contributed by atoms with Gasteiger partial charge in [-0.2, -0.15) is 0 Å². The van der Waals surface area contributed by atoms with E-state index in [0.717, 1.165) is 5.56 Å². The molecule has 112 valence electrons. The lowest BCUT2D eigenvalue weighted by molar-refractivity contribution is 0.168. The van der Waals surface area contributed by atoms with Crippen LogP contribution in [0.5, 0.6) is 0 Å². The van der Waals surface area contributed by atoms with E-state index in [0.29, 0.717) is 12.2 Å². The van der Waals surface area contributed by atoms with Gasteiger partial charge in [0, 0.05) is 18.1 Å². The van der Waals surface area contributed by atoms with Crippen LogP contribution in [0.4, 0.5) is 0 Å². The van der Waals surface area contributed by atoms with Crippen molar-refractivity contribution in [1.29, 1.82) is 0 Å². The summed E-state index contributed by atoms with van der Waals surface area (Å²) < 4.78 is 23.3. The lowest BCUT2D eigenvalue weighted by atomic mass is 9.97. The molecule has 1 aliphatic heterocycles. The van der Waals surface area contributed by atoms with Crippen LogP contribution in [0.25, 0.3) is 0 Å². The van der Waals surface area contributed by atoms with Crippen molar-refractivity contribution in [1.82, 2.24) is 4.90 Å². The van der Waals surface area contributed by atoms with Crippen LogP contribution in [0, 0.1) is 6.92 Å². The summed E-state index contributed by atoms with van der Waals surface area (Å²) in [5, 5.41) is 0. The quantitative estimate of drug-likeness (QED) is 0.914. The molecule has 0 bridgehead atoms. The van der Waals surface area contributed by atoms with E-state index in [1.807, 2.05) is 14.0 Å². The normalized spacial score (nSPS) is 24.8. The number of likely N-dealkylation sites (N-methyl/N-ethyl adjacent to an activating group) is 1. The van der Waals surface area contributed by atoms with Gasteiger partial charge in [-0.15, -0.1) is 0 Å². The van der Waals surface area contributed by atoms with Gasteiger partial charge >= 0.3 is 0 Å². The number of hydrogen-bond acceptors (Lipinski definition) is 4. The number of nitrogens with zero attached hydrogens (tertiary/aromatic N) is 1. The summed E-state index contributed by atoms with van der Waals surface area (Å²) in [6.45, 7) is 4.03. The maximum atomic E-state index is 11.7. The standard InChI is InChI=1S/C15H24N2O2S/c1-11-4-6-13(7-5-11)15(12(2)16)17(3)14-8-9-20(18,19)10-14/h4-7,12,14-15H,8-10,16H2,1-3H3. The van der Waals surface area contributed by atoms with Gasteiger partial charge in [0.05, 0.1) is 11.5 Å². The molecule has 20 heavy (non-hydrogen) atoms. The molecule has 0 spiro atoms. The highest BCUT2D eigenvalue weighted by molar-refractivity contribution is 7.91. The average molecular weight is 296 g/mol. The summed E-state index contributed by atoms with van der Waals surface area (Å²) in [5.41, 5.74) is 8.51. The molecule has 1 aromatic rings. The van der Waals surface area contributed by atoms with Gasteiger partial charge in [0.1, 0.15) is 0 Å². The lowest BCUT2D eigenvalue weighted by Crippen LogP contribution is -2.43. The summed E-state index contributed by atoms with van der Waals surface area (Å²) in [6, 6.07) is 8.39. The van der Waals surface area contributed by atoms with Crippen molar-refractivity contribution in [2.75, 3.05) is 18.6 Å². The number of aryl methyl sites for hydroxylation is 1. The van der Waals surface area contributed by atoms with Crippen molar-refractivity contribution < 1.29 is 8.42 Å². The molecular weight excluding hydrogens is 272 g/mol. The van der Waals surface area contributed by atoms with E-state index in [-0.39, 0.29) is 23.9 Å². The molecule has 1 aliphatic rings. The van der Waals surface area contributed by atoms with Crippen molar-refractivity contribution in [2.24, 2.45) is 5.73 Å². The fraction of sp³-hybridized carbons (Fsp3) is 0.600. The first-order chi connectivity index (χ1) is 9.30. The molecule has 0 aliphatic carbocycles. The molecule has 1 saturated heterocycles. The van der Waals surface area contributed by atoms with Gasteiger partial charge in [-0.05, 0) is 32.9 Å². The van der Waals surface area contributed by atoms with E-state index >= 15 is 0 Å². The number of nitrogens with two attached hydrogens (primary N) is 1. The minimum absolute atomic E-state index is 0.0499. The van der Waals surface area contributed by atoms with Crippen LogP contribution >= 0.6 is 0 Å². The van der Waals surface area contributed by atoms with Gasteiger partial charge < -0.3 is 5.73 Å². The van der Waals surface area contributed by atoms with Crippen LogP contribution in [0.15, 0.2) is 24.3 Å². The second-order valence-corrected chi connectivity index (χ2v) is 8.17. The largest absolute Gasteiger partial charge is 0.326 e. The van der Waals surface area contributed by atoms with E-state index in [2.05, 4.69) is 36.1 Å². The summed E-state index contributed by atoms with van der Waals surface area (Å²) in [4.78, 5) is 2.14. The highest BCUT2D eigenvalue weighted by Crippen LogP contribution is 2.28. The molecule has 0 amide bonds. The second-order valence-electron chi connectivity index (χ2n) is 5.94. The SMILES string of the molecule is Cc1ccc(C(C(C)N)N(C)C2CCS(=O)(=O)C2)cc1. The molecule has 3 unspecified atom stereocenters. The van der Waals surface area contributed by atoms with E-state index in [4.69, 9.17) is 5.73 Å². The van der Waals surface area contributed by atoms with Gasteiger partial charge in [0.15, 0.2) is 9.84 Å². The molecule has 1 heterocycles. The fourth-order valence-electron chi connectivity index (χ4n) is 3.00. The monoisotopic (exact) mass is 296 g/mol. The summed E-state index contributed by atoms with van der Waals surface area (Å²) >= 11 is 0.